The first-order valence-corrected chi connectivity index (χ1v) is 9.59. The zero-order chi connectivity index (χ0) is 18.9. The average Bonchev–Trinajstić information content (AvgIpc) is 2.91. The Kier molecular flexibility index (Phi) is 4.79. The van der Waals surface area contributed by atoms with Crippen molar-refractivity contribution in [1.29, 1.82) is 0 Å². The Morgan fingerprint density at radius 3 is 2.70 bits per heavy atom. The number of fused-ring (bicyclic) bond motifs is 2. The minimum atomic E-state index is -0.900. The molecule has 1 saturated heterocycles. The highest BCUT2D eigenvalue weighted by molar-refractivity contribution is 6.30. The maximum atomic E-state index is 13.1. The third-order valence-corrected chi connectivity index (χ3v) is 5.51. The van der Waals surface area contributed by atoms with Crippen molar-refractivity contribution in [2.75, 3.05) is 13.2 Å². The SMILES string of the molecule is O=C1NC2(CCCc3ccccc32)C(=O)N1CCCOc1ccc(Cl)cc1. The third-order valence-electron chi connectivity index (χ3n) is 5.26. The number of hydrogen-bond acceptors (Lipinski definition) is 3. The summed E-state index contributed by atoms with van der Waals surface area (Å²) in [6.45, 7) is 0.754. The van der Waals surface area contributed by atoms with Crippen LogP contribution in [0, 0.1) is 0 Å². The van der Waals surface area contributed by atoms with Crippen LogP contribution in [0.3, 0.4) is 0 Å². The number of hydrogen-bond donors (Lipinski definition) is 1. The van der Waals surface area contributed by atoms with Crippen LogP contribution in [0.5, 0.6) is 5.75 Å². The number of amides is 3. The lowest BCUT2D eigenvalue weighted by atomic mass is 9.76. The van der Waals surface area contributed by atoms with Gasteiger partial charge in [0.05, 0.1) is 6.61 Å². The molecule has 1 atom stereocenters. The first-order valence-electron chi connectivity index (χ1n) is 9.21. The van der Waals surface area contributed by atoms with Crippen LogP contribution in [-0.2, 0) is 16.8 Å². The summed E-state index contributed by atoms with van der Waals surface area (Å²) in [5.74, 6) is 0.570. The second-order valence-corrected chi connectivity index (χ2v) is 7.40. The lowest BCUT2D eigenvalue weighted by molar-refractivity contribution is -0.132. The Labute approximate surface area is 163 Å². The summed E-state index contributed by atoms with van der Waals surface area (Å²) < 4.78 is 5.66. The Bertz CT molecular complexity index is 868. The second kappa shape index (κ2) is 7.24. The van der Waals surface area contributed by atoms with Crippen molar-refractivity contribution < 1.29 is 14.3 Å². The first-order chi connectivity index (χ1) is 13.1. The summed E-state index contributed by atoms with van der Waals surface area (Å²) in [4.78, 5) is 27.0. The number of benzene rings is 2. The number of nitrogens with zero attached hydrogens (tertiary/aromatic N) is 1. The predicted molar refractivity (Wildman–Crippen MR) is 103 cm³/mol. The van der Waals surface area contributed by atoms with Gasteiger partial charge < -0.3 is 10.1 Å². The largest absolute Gasteiger partial charge is 0.494 e. The van der Waals surface area contributed by atoms with Crippen LogP contribution in [0.2, 0.25) is 5.02 Å². The molecule has 0 saturated carbocycles. The number of carbonyl (C=O) groups is 2. The van der Waals surface area contributed by atoms with E-state index in [1.54, 1.807) is 24.3 Å². The van der Waals surface area contributed by atoms with Gasteiger partial charge in [-0.05, 0) is 61.1 Å². The van der Waals surface area contributed by atoms with Crippen LogP contribution < -0.4 is 10.1 Å². The van der Waals surface area contributed by atoms with Gasteiger partial charge in [-0.15, -0.1) is 0 Å². The number of carbonyl (C=O) groups excluding carboxylic acids is 2. The minimum Gasteiger partial charge on any atom is -0.494 e. The molecule has 6 heteroatoms. The van der Waals surface area contributed by atoms with Crippen LogP contribution in [0.4, 0.5) is 4.79 Å². The van der Waals surface area contributed by atoms with Crippen LogP contribution in [0.1, 0.15) is 30.4 Å². The number of ether oxygens (including phenoxy) is 1. The van der Waals surface area contributed by atoms with Crippen molar-refractivity contribution in [3.05, 3.63) is 64.7 Å². The molecule has 1 unspecified atom stereocenters. The van der Waals surface area contributed by atoms with Crippen molar-refractivity contribution >= 4 is 23.5 Å². The maximum absolute atomic E-state index is 13.1. The van der Waals surface area contributed by atoms with E-state index in [0.29, 0.717) is 36.8 Å². The molecule has 3 amide bonds. The van der Waals surface area contributed by atoms with Gasteiger partial charge >= 0.3 is 6.03 Å². The number of aryl methyl sites for hydroxylation is 1. The van der Waals surface area contributed by atoms with Gasteiger partial charge in [-0.1, -0.05) is 35.9 Å². The van der Waals surface area contributed by atoms with E-state index in [1.165, 1.54) is 4.90 Å². The highest BCUT2D eigenvalue weighted by Gasteiger charge is 2.53. The number of rotatable bonds is 5. The summed E-state index contributed by atoms with van der Waals surface area (Å²) >= 11 is 5.85. The van der Waals surface area contributed by atoms with E-state index in [2.05, 4.69) is 5.32 Å². The van der Waals surface area contributed by atoms with Crippen LogP contribution in [-0.4, -0.2) is 30.0 Å². The Morgan fingerprint density at radius 2 is 1.89 bits per heavy atom. The molecule has 1 fully saturated rings. The number of imide groups is 1. The fourth-order valence-electron chi connectivity index (χ4n) is 3.96. The number of nitrogens with one attached hydrogen (secondary N) is 1. The fraction of sp³-hybridized carbons (Fsp3) is 0.333. The highest BCUT2D eigenvalue weighted by Crippen LogP contribution is 2.39. The molecule has 1 N–H and O–H groups in total. The van der Waals surface area contributed by atoms with Crippen molar-refractivity contribution in [3.63, 3.8) is 0 Å². The zero-order valence-electron chi connectivity index (χ0n) is 14.9. The van der Waals surface area contributed by atoms with Gasteiger partial charge in [-0.3, -0.25) is 9.69 Å². The lowest BCUT2D eigenvalue weighted by Gasteiger charge is -2.33. The molecule has 0 bridgehead atoms. The van der Waals surface area contributed by atoms with E-state index < -0.39 is 5.54 Å². The molecule has 1 aliphatic carbocycles. The van der Waals surface area contributed by atoms with E-state index >= 15 is 0 Å². The molecule has 2 aromatic rings. The normalized spacial score (nSPS) is 21.3. The quantitative estimate of drug-likeness (QED) is 0.628. The molecule has 2 aliphatic rings. The van der Waals surface area contributed by atoms with Crippen LogP contribution >= 0.6 is 11.6 Å². The van der Waals surface area contributed by atoms with Crippen molar-refractivity contribution in [2.24, 2.45) is 0 Å². The van der Waals surface area contributed by atoms with E-state index in [4.69, 9.17) is 16.3 Å². The van der Waals surface area contributed by atoms with Gasteiger partial charge in [0, 0.05) is 11.6 Å². The van der Waals surface area contributed by atoms with Crippen LogP contribution in [0.25, 0.3) is 0 Å². The van der Waals surface area contributed by atoms with E-state index in [0.717, 1.165) is 24.0 Å². The molecule has 0 radical (unpaired) electrons. The van der Waals surface area contributed by atoms with Gasteiger partial charge in [0.1, 0.15) is 11.3 Å². The van der Waals surface area contributed by atoms with E-state index in [1.807, 2.05) is 24.3 Å². The van der Waals surface area contributed by atoms with Crippen molar-refractivity contribution in [2.45, 2.75) is 31.2 Å². The second-order valence-electron chi connectivity index (χ2n) is 6.96. The molecule has 1 aliphatic heterocycles. The molecule has 1 heterocycles. The Hall–Kier alpha value is -2.53. The summed E-state index contributed by atoms with van der Waals surface area (Å²) in [6, 6.07) is 14.7. The van der Waals surface area contributed by atoms with Gasteiger partial charge in [0.2, 0.25) is 0 Å². The van der Waals surface area contributed by atoms with E-state index in [9.17, 15) is 9.59 Å². The van der Waals surface area contributed by atoms with Gasteiger partial charge in [-0.25, -0.2) is 4.79 Å². The summed E-state index contributed by atoms with van der Waals surface area (Å²) in [7, 11) is 0. The lowest BCUT2D eigenvalue weighted by Crippen LogP contribution is -2.46. The molecular formula is C21H21ClN2O3. The maximum Gasteiger partial charge on any atom is 0.325 e. The van der Waals surface area contributed by atoms with E-state index in [-0.39, 0.29) is 11.9 Å². The predicted octanol–water partition coefficient (Wildman–Crippen LogP) is 3.89. The van der Waals surface area contributed by atoms with Crippen molar-refractivity contribution in [1.82, 2.24) is 10.2 Å². The Balaban J connectivity index is 1.41. The molecule has 2 aromatic carbocycles. The topological polar surface area (TPSA) is 58.6 Å². The highest BCUT2D eigenvalue weighted by atomic mass is 35.5. The number of urea groups is 1. The fourth-order valence-corrected chi connectivity index (χ4v) is 4.08. The molecule has 5 nitrogen and oxygen atoms in total. The monoisotopic (exact) mass is 384 g/mol. The molecule has 27 heavy (non-hydrogen) atoms. The number of halogens is 1. The summed E-state index contributed by atoms with van der Waals surface area (Å²) in [6.07, 6.45) is 3.04. The minimum absolute atomic E-state index is 0.147. The molecule has 4 rings (SSSR count). The zero-order valence-corrected chi connectivity index (χ0v) is 15.7. The molecule has 0 aromatic heterocycles. The molecule has 1 spiro atoms. The summed E-state index contributed by atoms with van der Waals surface area (Å²) in [5.41, 5.74) is 1.18. The smallest absolute Gasteiger partial charge is 0.325 e. The molecule has 140 valence electrons. The van der Waals surface area contributed by atoms with Gasteiger partial charge in [0.15, 0.2) is 0 Å². The van der Waals surface area contributed by atoms with Crippen LogP contribution in [0.15, 0.2) is 48.5 Å². The van der Waals surface area contributed by atoms with Gasteiger partial charge in [0.25, 0.3) is 5.91 Å². The first kappa shape index (κ1) is 17.9. The standard InChI is InChI=1S/C21H21ClN2O3/c22-16-8-10-17(11-9-16)27-14-4-13-24-19(25)21(23-20(24)26)12-3-6-15-5-1-2-7-18(15)21/h1-2,5,7-11H,3-4,6,12-14H2,(H,23,26). The van der Waals surface area contributed by atoms with Crippen molar-refractivity contribution in [3.8, 4) is 5.75 Å². The third kappa shape index (κ3) is 3.28. The Morgan fingerprint density at radius 1 is 1.11 bits per heavy atom. The average molecular weight is 385 g/mol. The summed E-state index contributed by atoms with van der Waals surface area (Å²) in [5, 5.41) is 3.62. The molecular weight excluding hydrogens is 364 g/mol. The van der Waals surface area contributed by atoms with Gasteiger partial charge in [-0.2, -0.15) is 0 Å².